The summed E-state index contributed by atoms with van der Waals surface area (Å²) in [6.45, 7) is 6.37. The minimum atomic E-state index is -0.242. The van der Waals surface area contributed by atoms with E-state index < -0.39 is 0 Å². The standard InChI is InChI=1S/C20H23BrN2O2/c1-20(2,3)15-11-9-14(10-12-15)19(25)23(4)13-18(24)22-17-8-6-5-7-16(17)21/h5-12H,13H2,1-4H3,(H,22,24). The van der Waals surface area contributed by atoms with E-state index in [1.54, 1.807) is 13.1 Å². The molecule has 2 rings (SSSR count). The fraction of sp³-hybridized carbons (Fsp3) is 0.300. The molecule has 2 aromatic carbocycles. The molecule has 5 heteroatoms. The number of halogens is 1. The molecule has 0 fully saturated rings. The molecule has 0 saturated carbocycles. The third kappa shape index (κ3) is 5.16. The van der Waals surface area contributed by atoms with Crippen molar-refractivity contribution in [3.05, 3.63) is 64.1 Å². The quantitative estimate of drug-likeness (QED) is 0.820. The van der Waals surface area contributed by atoms with Crippen LogP contribution >= 0.6 is 15.9 Å². The normalized spacial score (nSPS) is 11.1. The van der Waals surface area contributed by atoms with Crippen molar-refractivity contribution in [2.45, 2.75) is 26.2 Å². The van der Waals surface area contributed by atoms with Crippen LogP contribution < -0.4 is 5.32 Å². The van der Waals surface area contributed by atoms with Gasteiger partial charge in [0.15, 0.2) is 0 Å². The first kappa shape index (κ1) is 19.2. The SMILES string of the molecule is CN(CC(=O)Nc1ccccc1Br)C(=O)c1ccc(C(C)(C)C)cc1. The van der Waals surface area contributed by atoms with Crippen molar-refractivity contribution in [3.63, 3.8) is 0 Å². The van der Waals surface area contributed by atoms with Gasteiger partial charge in [-0.05, 0) is 51.2 Å². The molecule has 0 atom stereocenters. The van der Waals surface area contributed by atoms with E-state index in [2.05, 4.69) is 42.0 Å². The number of hydrogen-bond acceptors (Lipinski definition) is 2. The molecule has 0 spiro atoms. The molecule has 132 valence electrons. The Labute approximate surface area is 157 Å². The second-order valence-electron chi connectivity index (χ2n) is 7.02. The Morgan fingerprint density at radius 3 is 2.20 bits per heavy atom. The Bertz CT molecular complexity index is 764. The number of hydrogen-bond donors (Lipinski definition) is 1. The molecule has 0 saturated heterocycles. The number of amides is 2. The van der Waals surface area contributed by atoms with Crippen molar-refractivity contribution < 1.29 is 9.59 Å². The lowest BCUT2D eigenvalue weighted by atomic mass is 9.86. The van der Waals surface area contributed by atoms with Crippen molar-refractivity contribution in [1.82, 2.24) is 4.90 Å². The van der Waals surface area contributed by atoms with Crippen molar-refractivity contribution >= 4 is 33.4 Å². The number of carbonyl (C=O) groups is 2. The van der Waals surface area contributed by atoms with Crippen LogP contribution in [0.25, 0.3) is 0 Å². The number of nitrogens with zero attached hydrogens (tertiary/aromatic N) is 1. The average Bonchev–Trinajstić information content (AvgIpc) is 2.55. The van der Waals surface area contributed by atoms with E-state index in [0.717, 1.165) is 4.47 Å². The fourth-order valence-electron chi connectivity index (χ4n) is 2.37. The van der Waals surface area contributed by atoms with Gasteiger partial charge in [0.2, 0.25) is 5.91 Å². The fourth-order valence-corrected chi connectivity index (χ4v) is 2.76. The van der Waals surface area contributed by atoms with Gasteiger partial charge in [0.1, 0.15) is 0 Å². The summed E-state index contributed by atoms with van der Waals surface area (Å²) in [5.41, 5.74) is 2.46. The van der Waals surface area contributed by atoms with E-state index in [9.17, 15) is 9.59 Å². The van der Waals surface area contributed by atoms with Gasteiger partial charge in [-0.1, -0.05) is 45.0 Å². The van der Waals surface area contributed by atoms with E-state index in [1.807, 2.05) is 42.5 Å². The van der Waals surface area contributed by atoms with Crippen LogP contribution in [0.15, 0.2) is 53.0 Å². The molecule has 0 aromatic heterocycles. The number of rotatable bonds is 4. The van der Waals surface area contributed by atoms with Gasteiger partial charge in [-0.15, -0.1) is 0 Å². The largest absolute Gasteiger partial charge is 0.332 e. The predicted molar refractivity (Wildman–Crippen MR) is 105 cm³/mol. The molecule has 0 bridgehead atoms. The molecule has 2 aromatic rings. The highest BCUT2D eigenvalue weighted by Crippen LogP contribution is 2.23. The van der Waals surface area contributed by atoms with E-state index in [-0.39, 0.29) is 23.8 Å². The van der Waals surface area contributed by atoms with Crippen LogP contribution in [0.4, 0.5) is 5.69 Å². The Morgan fingerprint density at radius 1 is 1.04 bits per heavy atom. The zero-order valence-corrected chi connectivity index (χ0v) is 16.6. The van der Waals surface area contributed by atoms with Gasteiger partial charge in [0.25, 0.3) is 5.91 Å². The highest BCUT2D eigenvalue weighted by atomic mass is 79.9. The molecular formula is C20H23BrN2O2. The zero-order chi connectivity index (χ0) is 18.6. The molecule has 0 heterocycles. The smallest absolute Gasteiger partial charge is 0.254 e. The summed E-state index contributed by atoms with van der Waals surface area (Å²) in [6, 6.07) is 14.9. The van der Waals surface area contributed by atoms with Gasteiger partial charge in [0.05, 0.1) is 12.2 Å². The number of para-hydroxylation sites is 1. The highest BCUT2D eigenvalue weighted by Gasteiger charge is 2.18. The summed E-state index contributed by atoms with van der Waals surface area (Å²) in [6.07, 6.45) is 0. The lowest BCUT2D eigenvalue weighted by Gasteiger charge is -2.20. The van der Waals surface area contributed by atoms with Crippen molar-refractivity contribution in [2.75, 3.05) is 18.9 Å². The predicted octanol–water partition coefficient (Wildman–Crippen LogP) is 4.46. The summed E-state index contributed by atoms with van der Waals surface area (Å²) in [7, 11) is 1.62. The molecule has 0 aliphatic heterocycles. The molecule has 4 nitrogen and oxygen atoms in total. The summed E-state index contributed by atoms with van der Waals surface area (Å²) < 4.78 is 0.801. The van der Waals surface area contributed by atoms with Crippen LogP contribution in [0.5, 0.6) is 0 Å². The van der Waals surface area contributed by atoms with Gasteiger partial charge in [-0.25, -0.2) is 0 Å². The Hall–Kier alpha value is -2.14. The van der Waals surface area contributed by atoms with Crippen LogP contribution in [-0.2, 0) is 10.2 Å². The lowest BCUT2D eigenvalue weighted by Crippen LogP contribution is -2.35. The Balaban J connectivity index is 2.00. The molecule has 0 unspecified atom stereocenters. The van der Waals surface area contributed by atoms with Crippen LogP contribution in [0.3, 0.4) is 0 Å². The van der Waals surface area contributed by atoms with E-state index in [1.165, 1.54) is 10.5 Å². The lowest BCUT2D eigenvalue weighted by molar-refractivity contribution is -0.116. The van der Waals surface area contributed by atoms with Crippen molar-refractivity contribution in [3.8, 4) is 0 Å². The first-order chi connectivity index (χ1) is 11.7. The maximum absolute atomic E-state index is 12.5. The van der Waals surface area contributed by atoms with Crippen molar-refractivity contribution in [1.29, 1.82) is 0 Å². The molecular weight excluding hydrogens is 380 g/mol. The van der Waals surface area contributed by atoms with Crippen molar-refractivity contribution in [2.24, 2.45) is 0 Å². The number of anilines is 1. The number of benzene rings is 2. The molecule has 2 amide bonds. The van der Waals surface area contributed by atoms with Gasteiger partial charge >= 0.3 is 0 Å². The molecule has 0 radical (unpaired) electrons. The maximum Gasteiger partial charge on any atom is 0.254 e. The summed E-state index contributed by atoms with van der Waals surface area (Å²) in [5.74, 6) is -0.420. The first-order valence-corrected chi connectivity index (χ1v) is 8.88. The third-order valence-electron chi connectivity index (χ3n) is 3.87. The van der Waals surface area contributed by atoms with E-state index in [4.69, 9.17) is 0 Å². The van der Waals surface area contributed by atoms with Gasteiger partial charge in [0, 0.05) is 17.1 Å². The van der Waals surface area contributed by atoms with Gasteiger partial charge < -0.3 is 10.2 Å². The minimum Gasteiger partial charge on any atom is -0.332 e. The number of nitrogens with one attached hydrogen (secondary N) is 1. The van der Waals surface area contributed by atoms with Crippen LogP contribution in [-0.4, -0.2) is 30.3 Å². The number of likely N-dealkylation sites (N-methyl/N-ethyl adjacent to an activating group) is 1. The van der Waals surface area contributed by atoms with Gasteiger partial charge in [-0.3, -0.25) is 9.59 Å². The highest BCUT2D eigenvalue weighted by molar-refractivity contribution is 9.10. The second kappa shape index (κ2) is 7.83. The first-order valence-electron chi connectivity index (χ1n) is 8.09. The topological polar surface area (TPSA) is 49.4 Å². The third-order valence-corrected chi connectivity index (χ3v) is 4.56. The summed E-state index contributed by atoms with van der Waals surface area (Å²) >= 11 is 3.38. The zero-order valence-electron chi connectivity index (χ0n) is 15.0. The van der Waals surface area contributed by atoms with Crippen LogP contribution in [0.2, 0.25) is 0 Å². The molecule has 0 aliphatic carbocycles. The average molecular weight is 403 g/mol. The van der Waals surface area contributed by atoms with E-state index >= 15 is 0 Å². The van der Waals surface area contributed by atoms with Gasteiger partial charge in [-0.2, -0.15) is 0 Å². The molecule has 1 N–H and O–H groups in total. The molecule has 25 heavy (non-hydrogen) atoms. The molecule has 0 aliphatic rings. The second-order valence-corrected chi connectivity index (χ2v) is 7.87. The Morgan fingerprint density at radius 2 is 1.64 bits per heavy atom. The number of carbonyl (C=O) groups excluding carboxylic acids is 2. The van der Waals surface area contributed by atoms with Crippen LogP contribution in [0, 0.1) is 0 Å². The monoisotopic (exact) mass is 402 g/mol. The Kier molecular flexibility index (Phi) is 6.01. The van der Waals surface area contributed by atoms with Crippen LogP contribution in [0.1, 0.15) is 36.7 Å². The minimum absolute atomic E-state index is 0.0127. The van der Waals surface area contributed by atoms with E-state index in [0.29, 0.717) is 11.3 Å². The maximum atomic E-state index is 12.5. The summed E-state index contributed by atoms with van der Waals surface area (Å²) in [4.78, 5) is 26.1. The summed E-state index contributed by atoms with van der Waals surface area (Å²) in [5, 5.41) is 2.80.